The highest BCUT2D eigenvalue weighted by atomic mass is 32.2. The van der Waals surface area contributed by atoms with Gasteiger partial charge in [-0.1, -0.05) is 6.42 Å². The van der Waals surface area contributed by atoms with Gasteiger partial charge in [0.25, 0.3) is 10.0 Å². The van der Waals surface area contributed by atoms with Crippen LogP contribution in [0.5, 0.6) is 0 Å². The summed E-state index contributed by atoms with van der Waals surface area (Å²) >= 11 is 1.38. The van der Waals surface area contributed by atoms with Crippen molar-refractivity contribution < 1.29 is 8.42 Å². The zero-order chi connectivity index (χ0) is 15.2. The first-order valence-corrected chi connectivity index (χ1v) is 9.24. The van der Waals surface area contributed by atoms with E-state index in [4.69, 9.17) is 5.84 Å². The molecule has 3 rings (SSSR count). The monoisotopic (exact) mass is 329 g/mol. The maximum Gasteiger partial charge on any atom is 0.263 e. The Balaban J connectivity index is 2.17. The first kappa shape index (κ1) is 14.8. The molecule has 0 aromatic carbocycles. The first-order valence-electron chi connectivity index (χ1n) is 6.92. The molecule has 9 heteroatoms. The number of nitrogens with two attached hydrogens (primary N) is 1. The predicted molar refractivity (Wildman–Crippen MR) is 82.7 cm³/mol. The minimum absolute atomic E-state index is 0.0199. The highest BCUT2D eigenvalue weighted by Gasteiger charge is 2.39. The van der Waals surface area contributed by atoms with Crippen LogP contribution in [0, 0.1) is 0 Å². The van der Waals surface area contributed by atoms with Gasteiger partial charge >= 0.3 is 0 Å². The Hall–Kier alpha value is -1.16. The number of hydrogen-bond acceptors (Lipinski definition) is 6. The number of rotatable bonds is 3. The molecule has 0 spiro atoms. The van der Waals surface area contributed by atoms with Gasteiger partial charge in [-0.25, -0.2) is 14.3 Å². The lowest BCUT2D eigenvalue weighted by molar-refractivity contribution is 0.203. The highest BCUT2D eigenvalue weighted by molar-refractivity contribution is 7.89. The summed E-state index contributed by atoms with van der Waals surface area (Å²) < 4.78 is 29.5. The molecule has 1 fully saturated rings. The van der Waals surface area contributed by atoms with Crippen LogP contribution in [-0.4, -0.2) is 34.2 Å². The van der Waals surface area contributed by atoms with Crippen molar-refractivity contribution >= 4 is 32.1 Å². The number of sulfonamides is 1. The van der Waals surface area contributed by atoms with E-state index in [9.17, 15) is 8.42 Å². The molecule has 116 valence electrons. The molecule has 1 saturated heterocycles. The molecule has 2 aromatic rings. The smallest absolute Gasteiger partial charge is 0.263 e. The van der Waals surface area contributed by atoms with Crippen LogP contribution < -0.4 is 11.3 Å². The van der Waals surface area contributed by atoms with Gasteiger partial charge in [-0.05, 0) is 26.7 Å². The van der Waals surface area contributed by atoms with Crippen LogP contribution in [0.15, 0.2) is 16.6 Å². The van der Waals surface area contributed by atoms with E-state index >= 15 is 0 Å². The van der Waals surface area contributed by atoms with Crippen LogP contribution in [0.4, 0.5) is 5.82 Å². The van der Waals surface area contributed by atoms with Gasteiger partial charge in [-0.15, -0.1) is 11.3 Å². The number of imidazole rings is 1. The molecule has 0 amide bonds. The van der Waals surface area contributed by atoms with Gasteiger partial charge in [-0.3, -0.25) is 4.40 Å². The van der Waals surface area contributed by atoms with E-state index in [1.54, 1.807) is 14.9 Å². The normalized spacial score (nSPS) is 24.5. The molecule has 2 unspecified atom stereocenters. The largest absolute Gasteiger partial charge is 0.306 e. The standard InChI is InChI=1S/C12H19N5O2S2/c1-8-4-3-5-9(2)17(8)21(18,19)11-10(15-13)14-12-16(11)6-7-20-12/h6-9,15H,3-5,13H2,1-2H3. The van der Waals surface area contributed by atoms with Gasteiger partial charge < -0.3 is 5.43 Å². The van der Waals surface area contributed by atoms with Crippen molar-refractivity contribution in [1.29, 1.82) is 0 Å². The van der Waals surface area contributed by atoms with Crippen LogP contribution in [0.3, 0.4) is 0 Å². The minimum atomic E-state index is -3.66. The number of piperidine rings is 1. The summed E-state index contributed by atoms with van der Waals surface area (Å²) in [6.45, 7) is 3.91. The van der Waals surface area contributed by atoms with E-state index in [1.807, 2.05) is 19.2 Å². The third kappa shape index (κ3) is 2.24. The van der Waals surface area contributed by atoms with Crippen molar-refractivity contribution in [2.75, 3.05) is 5.43 Å². The summed E-state index contributed by atoms with van der Waals surface area (Å²) in [6, 6.07) is -0.0397. The van der Waals surface area contributed by atoms with Crippen LogP contribution in [0.2, 0.25) is 0 Å². The number of fused-ring (bicyclic) bond motifs is 1. The fourth-order valence-electron chi connectivity index (χ4n) is 3.08. The SMILES string of the molecule is CC1CCCC(C)N1S(=O)(=O)c1c(NN)nc2sccn12. The lowest BCUT2D eigenvalue weighted by Gasteiger charge is -2.37. The summed E-state index contributed by atoms with van der Waals surface area (Å²) in [5.74, 6) is 5.67. The Labute approximate surface area is 127 Å². The summed E-state index contributed by atoms with van der Waals surface area (Å²) in [4.78, 5) is 4.85. The van der Waals surface area contributed by atoms with Crippen molar-refractivity contribution in [3.63, 3.8) is 0 Å². The van der Waals surface area contributed by atoms with Gasteiger partial charge in [0, 0.05) is 23.7 Å². The second kappa shape index (κ2) is 5.24. The van der Waals surface area contributed by atoms with Crippen molar-refractivity contribution in [2.24, 2.45) is 5.84 Å². The molecule has 0 bridgehead atoms. The van der Waals surface area contributed by atoms with Gasteiger partial charge in [0.15, 0.2) is 10.8 Å². The molecule has 2 atom stereocenters. The summed E-state index contributed by atoms with van der Waals surface area (Å²) in [7, 11) is -3.66. The molecular weight excluding hydrogens is 310 g/mol. The first-order chi connectivity index (χ1) is 9.96. The summed E-state index contributed by atoms with van der Waals surface area (Å²) in [5.41, 5.74) is 2.41. The van der Waals surface area contributed by atoms with Gasteiger partial charge in [0.2, 0.25) is 5.03 Å². The number of hydrogen-bond donors (Lipinski definition) is 2. The average molecular weight is 329 g/mol. The molecule has 21 heavy (non-hydrogen) atoms. The van der Waals surface area contributed by atoms with Crippen molar-refractivity contribution in [1.82, 2.24) is 13.7 Å². The van der Waals surface area contributed by atoms with Gasteiger partial charge in [-0.2, -0.15) is 9.29 Å². The Morgan fingerprint density at radius 2 is 2.05 bits per heavy atom. The Morgan fingerprint density at radius 1 is 1.38 bits per heavy atom. The average Bonchev–Trinajstić information content (AvgIpc) is 2.96. The Bertz CT molecular complexity index is 741. The van der Waals surface area contributed by atoms with E-state index in [0.717, 1.165) is 19.3 Å². The van der Waals surface area contributed by atoms with Gasteiger partial charge in [0.05, 0.1) is 0 Å². The molecule has 0 saturated carbocycles. The summed E-state index contributed by atoms with van der Waals surface area (Å²) in [5, 5.41) is 1.94. The molecule has 1 aliphatic rings. The molecule has 7 nitrogen and oxygen atoms in total. The number of thiazole rings is 1. The van der Waals surface area contributed by atoms with Crippen LogP contribution in [-0.2, 0) is 10.0 Å². The molecule has 2 aromatic heterocycles. The topological polar surface area (TPSA) is 92.7 Å². The third-order valence-corrected chi connectivity index (χ3v) is 6.90. The van der Waals surface area contributed by atoms with Crippen LogP contribution in [0.1, 0.15) is 33.1 Å². The quantitative estimate of drug-likeness (QED) is 0.659. The highest BCUT2D eigenvalue weighted by Crippen LogP contribution is 2.33. The minimum Gasteiger partial charge on any atom is -0.306 e. The number of aromatic nitrogens is 2. The lowest BCUT2D eigenvalue weighted by Crippen LogP contribution is -2.47. The molecule has 3 heterocycles. The molecule has 0 aliphatic carbocycles. The summed E-state index contributed by atoms with van der Waals surface area (Å²) in [6.07, 6.45) is 4.51. The zero-order valence-corrected chi connectivity index (χ0v) is 13.6. The molecular formula is C12H19N5O2S2. The van der Waals surface area contributed by atoms with E-state index in [-0.39, 0.29) is 22.9 Å². The maximum absolute atomic E-state index is 13.1. The van der Waals surface area contributed by atoms with Crippen LogP contribution in [0.25, 0.3) is 4.96 Å². The van der Waals surface area contributed by atoms with E-state index in [1.165, 1.54) is 11.3 Å². The molecule has 1 aliphatic heterocycles. The Morgan fingerprint density at radius 3 is 2.67 bits per heavy atom. The van der Waals surface area contributed by atoms with Crippen molar-refractivity contribution in [2.45, 2.75) is 50.2 Å². The number of nitrogens with zero attached hydrogens (tertiary/aromatic N) is 3. The lowest BCUT2D eigenvalue weighted by atomic mass is 10.0. The van der Waals surface area contributed by atoms with Gasteiger partial charge in [0.1, 0.15) is 0 Å². The van der Waals surface area contributed by atoms with Crippen molar-refractivity contribution in [3.05, 3.63) is 11.6 Å². The number of hydrazine groups is 1. The van der Waals surface area contributed by atoms with E-state index < -0.39 is 10.0 Å². The molecule has 3 N–H and O–H groups in total. The number of nitrogens with one attached hydrogen (secondary N) is 1. The van der Waals surface area contributed by atoms with E-state index in [0.29, 0.717) is 4.96 Å². The zero-order valence-electron chi connectivity index (χ0n) is 12.0. The molecule has 0 radical (unpaired) electrons. The third-order valence-electron chi connectivity index (χ3n) is 3.99. The van der Waals surface area contributed by atoms with Crippen LogP contribution >= 0.6 is 11.3 Å². The van der Waals surface area contributed by atoms with Crippen molar-refractivity contribution in [3.8, 4) is 0 Å². The fourth-order valence-corrected chi connectivity index (χ4v) is 5.95. The predicted octanol–water partition coefficient (Wildman–Crippen LogP) is 1.63. The fraction of sp³-hybridized carbons (Fsp3) is 0.583. The Kier molecular flexibility index (Phi) is 3.68. The second-order valence-electron chi connectivity index (χ2n) is 5.43. The second-order valence-corrected chi connectivity index (χ2v) is 8.06. The maximum atomic E-state index is 13.1. The number of nitrogen functional groups attached to an aromatic ring is 1. The number of anilines is 1. The van der Waals surface area contributed by atoms with E-state index in [2.05, 4.69) is 10.4 Å².